The van der Waals surface area contributed by atoms with E-state index in [1.807, 2.05) is 19.0 Å². The maximum Gasteiger partial charge on any atom is 0.248 e. The molecule has 2 heterocycles. The number of carbonyl (C=O) groups is 1. The fourth-order valence-electron chi connectivity index (χ4n) is 2.89. The number of nitrogens with one attached hydrogen (secondary N) is 1. The van der Waals surface area contributed by atoms with Crippen molar-refractivity contribution in [2.75, 3.05) is 40.3 Å². The molecule has 0 bridgehead atoms. The van der Waals surface area contributed by atoms with Gasteiger partial charge >= 0.3 is 0 Å². The summed E-state index contributed by atoms with van der Waals surface area (Å²) in [6.07, 6.45) is 1.36. The normalized spacial score (nSPS) is 19.6. The fourth-order valence-corrected chi connectivity index (χ4v) is 4.71. The molecule has 0 aromatic carbocycles. The predicted octanol–water partition coefficient (Wildman–Crippen LogP) is 0.370. The number of rotatable bonds is 6. The van der Waals surface area contributed by atoms with Gasteiger partial charge in [-0.05, 0) is 40.8 Å². The molecule has 0 unspecified atom stereocenters. The van der Waals surface area contributed by atoms with E-state index in [9.17, 15) is 13.2 Å². The third kappa shape index (κ3) is 4.14. The molecule has 0 spiro atoms. The molecule has 1 saturated heterocycles. The molecule has 136 valence electrons. The molecule has 8 nitrogen and oxygen atoms in total. The second kappa shape index (κ2) is 7.62. The first-order chi connectivity index (χ1) is 11.2. The molecule has 1 aliphatic rings. The zero-order valence-corrected chi connectivity index (χ0v) is 15.5. The summed E-state index contributed by atoms with van der Waals surface area (Å²) in [6.45, 7) is 5.10. The van der Waals surface area contributed by atoms with Gasteiger partial charge in [0.15, 0.2) is 5.76 Å². The van der Waals surface area contributed by atoms with Gasteiger partial charge in [-0.25, -0.2) is 8.42 Å². The standard InChI is InChI=1S/C15H26N4O4S/c1-11-14(12(2)23-17-11)24(21,22)19-8-5-6-13(10-19)15(20)16-7-9-18(3)4/h13H,5-10H2,1-4H3,(H,16,20)/t13-/m0/s1. The van der Waals surface area contributed by atoms with Crippen LogP contribution in [0.5, 0.6) is 0 Å². The Hall–Kier alpha value is -1.45. The fraction of sp³-hybridized carbons (Fsp3) is 0.733. The Labute approximate surface area is 143 Å². The zero-order valence-electron chi connectivity index (χ0n) is 14.7. The monoisotopic (exact) mass is 358 g/mol. The molecule has 1 aromatic rings. The first-order valence-corrected chi connectivity index (χ1v) is 9.53. The summed E-state index contributed by atoms with van der Waals surface area (Å²) in [5, 5.41) is 6.60. The highest BCUT2D eigenvalue weighted by Crippen LogP contribution is 2.27. The van der Waals surface area contributed by atoms with Crippen molar-refractivity contribution in [3.63, 3.8) is 0 Å². The molecule has 9 heteroatoms. The number of sulfonamides is 1. The first-order valence-electron chi connectivity index (χ1n) is 8.09. The second-order valence-corrected chi connectivity index (χ2v) is 8.32. The summed E-state index contributed by atoms with van der Waals surface area (Å²) in [7, 11) is 0.179. The number of aryl methyl sites for hydroxylation is 2. The lowest BCUT2D eigenvalue weighted by Crippen LogP contribution is -2.46. The van der Waals surface area contributed by atoms with Gasteiger partial charge in [-0.2, -0.15) is 4.31 Å². The van der Waals surface area contributed by atoms with Gasteiger partial charge in [-0.3, -0.25) is 4.79 Å². The molecule has 0 saturated carbocycles. The van der Waals surface area contributed by atoms with E-state index in [1.165, 1.54) is 4.31 Å². The van der Waals surface area contributed by atoms with Crippen LogP contribution < -0.4 is 5.32 Å². The highest BCUT2D eigenvalue weighted by molar-refractivity contribution is 7.89. The Morgan fingerprint density at radius 3 is 2.71 bits per heavy atom. The van der Waals surface area contributed by atoms with Gasteiger partial charge in [0, 0.05) is 26.2 Å². The molecule has 1 atom stereocenters. The van der Waals surface area contributed by atoms with E-state index in [0.29, 0.717) is 31.6 Å². The molecule has 0 aliphatic carbocycles. The quantitative estimate of drug-likeness (QED) is 0.789. The summed E-state index contributed by atoms with van der Waals surface area (Å²) in [5.74, 6) is -0.128. The molecule has 1 fully saturated rings. The van der Waals surface area contributed by atoms with Crippen LogP contribution in [0.25, 0.3) is 0 Å². The number of carbonyl (C=O) groups excluding carboxylic acids is 1. The van der Waals surface area contributed by atoms with Crippen molar-refractivity contribution >= 4 is 15.9 Å². The van der Waals surface area contributed by atoms with Crippen molar-refractivity contribution in [1.82, 2.24) is 19.7 Å². The van der Waals surface area contributed by atoms with Crippen LogP contribution >= 0.6 is 0 Å². The maximum atomic E-state index is 12.8. The van der Waals surface area contributed by atoms with Crippen LogP contribution in [0.2, 0.25) is 0 Å². The number of hydrogen-bond donors (Lipinski definition) is 1. The van der Waals surface area contributed by atoms with Crippen LogP contribution in [0, 0.1) is 19.8 Å². The predicted molar refractivity (Wildman–Crippen MR) is 89.0 cm³/mol. The minimum absolute atomic E-state index is 0.0875. The van der Waals surface area contributed by atoms with Gasteiger partial charge < -0.3 is 14.7 Å². The number of likely N-dealkylation sites (N-methyl/N-ethyl adjacent to an activating group) is 1. The number of nitrogens with zero attached hydrogens (tertiary/aromatic N) is 3. The minimum Gasteiger partial charge on any atom is -0.360 e. The highest BCUT2D eigenvalue weighted by atomic mass is 32.2. The molecule has 1 amide bonds. The molecule has 2 rings (SSSR count). The van der Waals surface area contributed by atoms with Crippen LogP contribution in [-0.2, 0) is 14.8 Å². The Balaban J connectivity index is 2.06. The highest BCUT2D eigenvalue weighted by Gasteiger charge is 2.36. The summed E-state index contributed by atoms with van der Waals surface area (Å²) in [4.78, 5) is 14.4. The van der Waals surface area contributed by atoms with Gasteiger partial charge in [0.25, 0.3) is 0 Å². The number of aromatic nitrogens is 1. The maximum absolute atomic E-state index is 12.8. The summed E-state index contributed by atoms with van der Waals surface area (Å²) in [6, 6.07) is 0. The van der Waals surface area contributed by atoms with Gasteiger partial charge in [0.05, 0.1) is 5.92 Å². The van der Waals surface area contributed by atoms with Crippen LogP contribution in [0.3, 0.4) is 0 Å². The van der Waals surface area contributed by atoms with E-state index < -0.39 is 10.0 Å². The lowest BCUT2D eigenvalue weighted by atomic mass is 9.99. The zero-order chi connectivity index (χ0) is 17.9. The SMILES string of the molecule is Cc1noc(C)c1S(=O)(=O)N1CCC[C@H](C(=O)NCCN(C)C)C1. The average molecular weight is 358 g/mol. The second-order valence-electron chi connectivity index (χ2n) is 6.45. The van der Waals surface area contributed by atoms with Crippen molar-refractivity contribution in [2.24, 2.45) is 5.92 Å². The summed E-state index contributed by atoms with van der Waals surface area (Å²) >= 11 is 0. The lowest BCUT2D eigenvalue weighted by molar-refractivity contribution is -0.126. The molecule has 1 aliphatic heterocycles. The van der Waals surface area contributed by atoms with Crippen molar-refractivity contribution in [1.29, 1.82) is 0 Å². The molecule has 1 aromatic heterocycles. The Kier molecular flexibility index (Phi) is 6.00. The van der Waals surface area contributed by atoms with Crippen molar-refractivity contribution in [3.05, 3.63) is 11.5 Å². The van der Waals surface area contributed by atoms with E-state index in [4.69, 9.17) is 4.52 Å². The molecular weight excluding hydrogens is 332 g/mol. The van der Waals surface area contributed by atoms with E-state index in [2.05, 4.69) is 10.5 Å². The number of hydrogen-bond acceptors (Lipinski definition) is 6. The summed E-state index contributed by atoms with van der Waals surface area (Å²) < 4.78 is 32.1. The largest absolute Gasteiger partial charge is 0.360 e. The topological polar surface area (TPSA) is 95.8 Å². The third-order valence-corrected chi connectivity index (χ3v) is 6.29. The molecule has 1 N–H and O–H groups in total. The lowest BCUT2D eigenvalue weighted by Gasteiger charge is -2.31. The van der Waals surface area contributed by atoms with E-state index in [0.717, 1.165) is 6.54 Å². The van der Waals surface area contributed by atoms with Gasteiger partial charge in [-0.15, -0.1) is 0 Å². The van der Waals surface area contributed by atoms with Crippen molar-refractivity contribution in [3.8, 4) is 0 Å². The van der Waals surface area contributed by atoms with Gasteiger partial charge in [-0.1, -0.05) is 5.16 Å². The first kappa shape index (κ1) is 18.9. The Morgan fingerprint density at radius 2 is 2.12 bits per heavy atom. The van der Waals surface area contributed by atoms with Crippen molar-refractivity contribution < 1.29 is 17.7 Å². The minimum atomic E-state index is -3.69. The number of piperidine rings is 1. The number of amides is 1. The Morgan fingerprint density at radius 1 is 1.42 bits per heavy atom. The molecule has 24 heavy (non-hydrogen) atoms. The third-order valence-electron chi connectivity index (χ3n) is 4.18. The van der Waals surface area contributed by atoms with E-state index in [-0.39, 0.29) is 29.0 Å². The van der Waals surface area contributed by atoms with E-state index >= 15 is 0 Å². The smallest absolute Gasteiger partial charge is 0.248 e. The molecular formula is C15H26N4O4S. The van der Waals surface area contributed by atoms with Gasteiger partial charge in [0.1, 0.15) is 10.6 Å². The summed E-state index contributed by atoms with van der Waals surface area (Å²) in [5.41, 5.74) is 0.352. The van der Waals surface area contributed by atoms with E-state index in [1.54, 1.807) is 13.8 Å². The molecule has 0 radical (unpaired) electrons. The van der Waals surface area contributed by atoms with Gasteiger partial charge in [0.2, 0.25) is 15.9 Å². The average Bonchev–Trinajstić information content (AvgIpc) is 2.86. The van der Waals surface area contributed by atoms with Crippen LogP contribution in [-0.4, -0.2) is 69.0 Å². The van der Waals surface area contributed by atoms with Crippen LogP contribution in [0.4, 0.5) is 0 Å². The van der Waals surface area contributed by atoms with Crippen LogP contribution in [0.15, 0.2) is 9.42 Å². The Bertz CT molecular complexity index is 664. The van der Waals surface area contributed by atoms with Crippen molar-refractivity contribution in [2.45, 2.75) is 31.6 Å². The van der Waals surface area contributed by atoms with Crippen LogP contribution in [0.1, 0.15) is 24.3 Å².